The minimum atomic E-state index is -0.352. The number of carbonyl (C=O) groups is 1. The number of benzene rings is 2. The number of nitrogens with zero attached hydrogens (tertiary/aromatic N) is 2. The van der Waals surface area contributed by atoms with Crippen molar-refractivity contribution in [3.8, 4) is 22.6 Å². The fourth-order valence-electron chi connectivity index (χ4n) is 3.63. The van der Waals surface area contributed by atoms with E-state index in [4.69, 9.17) is 4.74 Å². The van der Waals surface area contributed by atoms with Gasteiger partial charge in [0.05, 0.1) is 18.4 Å². The summed E-state index contributed by atoms with van der Waals surface area (Å²) in [5, 5.41) is 6.76. The first-order valence-electron chi connectivity index (χ1n) is 8.96. The quantitative estimate of drug-likeness (QED) is 0.683. The van der Waals surface area contributed by atoms with E-state index in [1.165, 1.54) is 6.07 Å². The van der Waals surface area contributed by atoms with Gasteiger partial charge < -0.3 is 14.4 Å². The molecular weight excluding hydrogens is 345 g/mol. The number of fused-ring (bicyclic) bond motifs is 1. The van der Waals surface area contributed by atoms with E-state index in [1.807, 2.05) is 42.2 Å². The van der Waals surface area contributed by atoms with Crippen LogP contribution in [-0.4, -0.2) is 29.1 Å². The summed E-state index contributed by atoms with van der Waals surface area (Å²) in [4.78, 5) is 13.0. The molecular formula is C21H20FN3O2. The Morgan fingerprint density at radius 1 is 1.37 bits per heavy atom. The van der Waals surface area contributed by atoms with Crippen LogP contribution in [0.2, 0.25) is 0 Å². The molecule has 1 aliphatic heterocycles. The van der Waals surface area contributed by atoms with E-state index in [2.05, 4.69) is 10.2 Å². The van der Waals surface area contributed by atoms with Crippen LogP contribution in [0.25, 0.3) is 11.1 Å². The van der Waals surface area contributed by atoms with E-state index < -0.39 is 0 Å². The monoisotopic (exact) mass is 365 g/mol. The lowest BCUT2D eigenvalue weighted by atomic mass is 9.92. The van der Waals surface area contributed by atoms with Crippen molar-refractivity contribution in [2.24, 2.45) is 0 Å². The van der Waals surface area contributed by atoms with Crippen LogP contribution in [0.3, 0.4) is 0 Å². The Labute approximate surface area is 156 Å². The van der Waals surface area contributed by atoms with Gasteiger partial charge in [-0.3, -0.25) is 5.10 Å². The molecule has 1 aliphatic rings. The molecule has 5 nitrogen and oxygen atoms in total. The molecule has 0 spiro atoms. The topological polar surface area (TPSA) is 58.2 Å². The third-order valence-corrected chi connectivity index (χ3v) is 4.98. The molecule has 0 aliphatic carbocycles. The van der Waals surface area contributed by atoms with E-state index in [0.717, 1.165) is 23.8 Å². The van der Waals surface area contributed by atoms with E-state index in [0.29, 0.717) is 29.2 Å². The lowest BCUT2D eigenvalue weighted by Crippen LogP contribution is -2.39. The van der Waals surface area contributed by atoms with Gasteiger partial charge in [-0.15, -0.1) is 0 Å². The van der Waals surface area contributed by atoms with Gasteiger partial charge in [-0.25, -0.2) is 4.39 Å². The minimum Gasteiger partial charge on any atom is -0.456 e. The van der Waals surface area contributed by atoms with Crippen LogP contribution in [0.4, 0.5) is 10.1 Å². The molecule has 0 fully saturated rings. The molecule has 3 aromatic rings. The molecule has 0 saturated heterocycles. The second kappa shape index (κ2) is 7.23. The average Bonchev–Trinajstić information content (AvgIpc) is 3.21. The molecule has 0 amide bonds. The fourth-order valence-corrected chi connectivity index (χ4v) is 3.63. The number of aromatic amines is 1. The third-order valence-electron chi connectivity index (χ3n) is 4.98. The summed E-state index contributed by atoms with van der Waals surface area (Å²) in [6.45, 7) is 2.16. The summed E-state index contributed by atoms with van der Waals surface area (Å²) in [7, 11) is 0. The van der Waals surface area contributed by atoms with Crippen molar-refractivity contribution < 1.29 is 13.9 Å². The molecule has 0 radical (unpaired) electrons. The number of hydrogen-bond donors (Lipinski definition) is 1. The van der Waals surface area contributed by atoms with Crippen molar-refractivity contribution in [3.63, 3.8) is 0 Å². The number of rotatable bonds is 5. The van der Waals surface area contributed by atoms with Gasteiger partial charge in [0, 0.05) is 28.9 Å². The molecule has 0 bridgehead atoms. The number of aldehydes is 1. The van der Waals surface area contributed by atoms with E-state index in [1.54, 1.807) is 12.4 Å². The first kappa shape index (κ1) is 17.3. The molecule has 1 N–H and O–H groups in total. The maximum atomic E-state index is 15.1. The Balaban J connectivity index is 1.92. The SMILES string of the molecule is C[C@H]1CCc2c(Oc3ccccc3)c(-c3cn[nH]c3)cc(F)c2N1CC=O. The van der Waals surface area contributed by atoms with Crippen molar-refractivity contribution in [3.05, 3.63) is 60.2 Å². The summed E-state index contributed by atoms with van der Waals surface area (Å²) in [5.41, 5.74) is 2.64. The number of anilines is 1. The van der Waals surface area contributed by atoms with Gasteiger partial charge in [0.25, 0.3) is 0 Å². The van der Waals surface area contributed by atoms with Gasteiger partial charge in [-0.05, 0) is 38.0 Å². The number of halogens is 1. The fraction of sp³-hybridized carbons (Fsp3) is 0.238. The number of nitrogens with one attached hydrogen (secondary N) is 1. The summed E-state index contributed by atoms with van der Waals surface area (Å²) in [5.74, 6) is 0.938. The normalized spacial score (nSPS) is 16.1. The van der Waals surface area contributed by atoms with Gasteiger partial charge in [0.2, 0.25) is 0 Å². The highest BCUT2D eigenvalue weighted by Crippen LogP contribution is 2.45. The van der Waals surface area contributed by atoms with Gasteiger partial charge >= 0.3 is 0 Å². The maximum Gasteiger partial charge on any atom is 0.147 e. The first-order valence-corrected chi connectivity index (χ1v) is 8.96. The number of hydrogen-bond acceptors (Lipinski definition) is 4. The van der Waals surface area contributed by atoms with Crippen LogP contribution in [0.1, 0.15) is 18.9 Å². The number of H-pyrrole nitrogens is 1. The van der Waals surface area contributed by atoms with Crippen molar-refractivity contribution in [2.75, 3.05) is 11.4 Å². The van der Waals surface area contributed by atoms with Crippen LogP contribution in [-0.2, 0) is 11.2 Å². The molecule has 1 atom stereocenters. The Kier molecular flexibility index (Phi) is 4.62. The van der Waals surface area contributed by atoms with Gasteiger partial charge in [0.1, 0.15) is 23.6 Å². The predicted molar refractivity (Wildman–Crippen MR) is 102 cm³/mol. The zero-order valence-electron chi connectivity index (χ0n) is 15.0. The minimum absolute atomic E-state index is 0.0848. The number of ether oxygens (including phenoxy) is 1. The molecule has 2 heterocycles. The smallest absolute Gasteiger partial charge is 0.147 e. The van der Waals surface area contributed by atoms with Crippen molar-refractivity contribution >= 4 is 12.0 Å². The van der Waals surface area contributed by atoms with Gasteiger partial charge in [-0.2, -0.15) is 5.10 Å². The lowest BCUT2D eigenvalue weighted by Gasteiger charge is -2.37. The summed E-state index contributed by atoms with van der Waals surface area (Å²) >= 11 is 0. The highest BCUT2D eigenvalue weighted by Gasteiger charge is 2.31. The summed E-state index contributed by atoms with van der Waals surface area (Å²) in [6.07, 6.45) is 5.67. The first-order chi connectivity index (χ1) is 13.2. The molecule has 27 heavy (non-hydrogen) atoms. The zero-order chi connectivity index (χ0) is 18.8. The van der Waals surface area contributed by atoms with Gasteiger partial charge in [-0.1, -0.05) is 18.2 Å². The number of para-hydroxylation sites is 1. The average molecular weight is 365 g/mol. The van der Waals surface area contributed by atoms with Gasteiger partial charge in [0.15, 0.2) is 0 Å². The zero-order valence-corrected chi connectivity index (χ0v) is 15.0. The largest absolute Gasteiger partial charge is 0.456 e. The lowest BCUT2D eigenvalue weighted by molar-refractivity contribution is -0.106. The molecule has 0 saturated carbocycles. The Bertz CT molecular complexity index is 942. The Morgan fingerprint density at radius 3 is 2.89 bits per heavy atom. The Hall–Kier alpha value is -3.15. The van der Waals surface area contributed by atoms with Crippen LogP contribution in [0, 0.1) is 5.82 Å². The highest BCUT2D eigenvalue weighted by molar-refractivity contribution is 5.79. The Morgan fingerprint density at radius 2 is 2.19 bits per heavy atom. The molecule has 2 aromatic carbocycles. The molecule has 1 aromatic heterocycles. The summed E-state index contributed by atoms with van der Waals surface area (Å²) in [6, 6.07) is 11.0. The van der Waals surface area contributed by atoms with Crippen LogP contribution in [0.15, 0.2) is 48.8 Å². The number of aromatic nitrogens is 2. The third kappa shape index (κ3) is 3.18. The van der Waals surface area contributed by atoms with E-state index in [9.17, 15) is 4.79 Å². The molecule has 138 valence electrons. The second-order valence-electron chi connectivity index (χ2n) is 6.67. The summed E-state index contributed by atoms with van der Waals surface area (Å²) < 4.78 is 21.4. The van der Waals surface area contributed by atoms with Crippen molar-refractivity contribution in [1.29, 1.82) is 0 Å². The second-order valence-corrected chi connectivity index (χ2v) is 6.67. The highest BCUT2D eigenvalue weighted by atomic mass is 19.1. The van der Waals surface area contributed by atoms with Crippen LogP contribution in [0.5, 0.6) is 11.5 Å². The number of carbonyl (C=O) groups excluding carboxylic acids is 1. The molecule has 4 rings (SSSR count). The van der Waals surface area contributed by atoms with E-state index >= 15 is 4.39 Å². The van der Waals surface area contributed by atoms with E-state index in [-0.39, 0.29) is 18.4 Å². The van der Waals surface area contributed by atoms with Crippen LogP contribution < -0.4 is 9.64 Å². The predicted octanol–water partition coefficient (Wildman–Crippen LogP) is 4.35. The van der Waals surface area contributed by atoms with Crippen LogP contribution >= 0.6 is 0 Å². The van der Waals surface area contributed by atoms with Crippen molar-refractivity contribution in [2.45, 2.75) is 25.8 Å². The maximum absolute atomic E-state index is 15.1. The standard InChI is InChI=1S/C21H20FN3O2/c1-14-7-8-17-20(25(14)9-10-26)19(22)11-18(15-12-23-24-13-15)21(17)27-16-5-3-2-4-6-16/h2-6,10-14H,7-9H2,1H3,(H,23,24)/t14-/m0/s1. The molecule has 6 heteroatoms. The molecule has 0 unspecified atom stereocenters. The van der Waals surface area contributed by atoms with Crippen molar-refractivity contribution in [1.82, 2.24) is 10.2 Å².